The van der Waals surface area contributed by atoms with Crippen LogP contribution in [0.3, 0.4) is 0 Å². The van der Waals surface area contributed by atoms with Crippen LogP contribution in [0.5, 0.6) is 0 Å². The van der Waals surface area contributed by atoms with Gasteiger partial charge < -0.3 is 20.0 Å². The molecule has 3 rings (SSSR count). The highest BCUT2D eigenvalue weighted by molar-refractivity contribution is 14.0. The molecular weight excluding hydrogens is 431 g/mol. The fourth-order valence-electron chi connectivity index (χ4n) is 3.90. The van der Waals surface area contributed by atoms with Crippen LogP contribution in [-0.4, -0.2) is 49.5 Å². The monoisotopic (exact) mass is 460 g/mol. The number of likely N-dealkylation sites (tertiary alicyclic amines) is 1. The van der Waals surface area contributed by atoms with Gasteiger partial charge in [-0.1, -0.05) is 12.8 Å². The van der Waals surface area contributed by atoms with Gasteiger partial charge in [-0.25, -0.2) is 0 Å². The molecule has 0 aromatic carbocycles. The molecule has 1 aromatic rings. The highest BCUT2D eigenvalue weighted by Gasteiger charge is 2.41. The van der Waals surface area contributed by atoms with E-state index in [-0.39, 0.29) is 29.9 Å². The van der Waals surface area contributed by atoms with Crippen molar-refractivity contribution in [2.24, 2.45) is 10.4 Å². The molecule has 2 fully saturated rings. The Bertz CT molecular complexity index is 568. The largest absolute Gasteiger partial charge is 0.459 e. The summed E-state index contributed by atoms with van der Waals surface area (Å²) in [5.74, 6) is 1.13. The average Bonchev–Trinajstić information content (AvgIpc) is 3.34. The number of carbonyl (C=O) groups is 1. The Morgan fingerprint density at radius 1 is 1.32 bits per heavy atom. The Hall–Kier alpha value is -1.25. The van der Waals surface area contributed by atoms with Crippen molar-refractivity contribution < 1.29 is 9.21 Å². The number of amides is 1. The number of hydrogen-bond donors (Lipinski definition) is 2. The molecule has 0 bridgehead atoms. The van der Waals surface area contributed by atoms with Gasteiger partial charge >= 0.3 is 0 Å². The van der Waals surface area contributed by atoms with Crippen LogP contribution >= 0.6 is 24.0 Å². The third kappa shape index (κ3) is 5.12. The topological polar surface area (TPSA) is 69.9 Å². The number of furan rings is 1. The number of nitrogens with zero attached hydrogens (tertiary/aromatic N) is 2. The lowest BCUT2D eigenvalue weighted by atomic mass is 9.86. The molecule has 1 aliphatic heterocycles. The number of halogens is 1. The van der Waals surface area contributed by atoms with Crippen molar-refractivity contribution in [1.82, 2.24) is 15.5 Å². The fraction of sp³-hybridized carbons (Fsp3) is 0.667. The van der Waals surface area contributed by atoms with E-state index in [0.29, 0.717) is 24.3 Å². The first-order valence-electron chi connectivity index (χ1n) is 9.07. The molecule has 1 saturated heterocycles. The zero-order valence-corrected chi connectivity index (χ0v) is 17.3. The van der Waals surface area contributed by atoms with Crippen molar-refractivity contribution in [2.45, 2.75) is 39.0 Å². The van der Waals surface area contributed by atoms with Gasteiger partial charge in [-0.2, -0.15) is 0 Å². The molecule has 7 heteroatoms. The number of aliphatic imine (C=N–C) groups is 1. The summed E-state index contributed by atoms with van der Waals surface area (Å²) in [6.07, 6.45) is 8.26. The zero-order valence-electron chi connectivity index (χ0n) is 14.9. The SMILES string of the molecule is CCNC(=NCCNC(=O)c1ccco1)N1CCC2(CCCC2)C1.I. The van der Waals surface area contributed by atoms with Crippen LogP contribution in [-0.2, 0) is 0 Å². The molecule has 6 nitrogen and oxygen atoms in total. The highest BCUT2D eigenvalue weighted by Crippen LogP contribution is 2.45. The van der Waals surface area contributed by atoms with E-state index in [1.54, 1.807) is 12.1 Å². The fourth-order valence-corrected chi connectivity index (χ4v) is 3.90. The lowest BCUT2D eigenvalue weighted by Crippen LogP contribution is -2.41. The van der Waals surface area contributed by atoms with Crippen LogP contribution in [0, 0.1) is 5.41 Å². The van der Waals surface area contributed by atoms with Gasteiger partial charge in [-0.05, 0) is 43.7 Å². The lowest BCUT2D eigenvalue weighted by molar-refractivity contribution is 0.0927. The Morgan fingerprint density at radius 2 is 2.12 bits per heavy atom. The Balaban J connectivity index is 0.00000225. The van der Waals surface area contributed by atoms with Crippen molar-refractivity contribution >= 4 is 35.8 Å². The standard InChI is InChI=1S/C18H28N4O2.HI/c1-2-19-17(22-12-9-18(14-22)7-3-4-8-18)21-11-10-20-16(23)15-6-5-13-24-15;/h5-6,13H,2-4,7-12,14H2,1H3,(H,19,21)(H,20,23);1H. The van der Waals surface area contributed by atoms with E-state index in [2.05, 4.69) is 27.4 Å². The third-order valence-corrected chi connectivity index (χ3v) is 5.14. The molecule has 1 saturated carbocycles. The van der Waals surface area contributed by atoms with Crippen LogP contribution in [0.25, 0.3) is 0 Å². The molecule has 1 amide bonds. The molecule has 0 atom stereocenters. The van der Waals surface area contributed by atoms with E-state index in [1.165, 1.54) is 38.4 Å². The molecule has 0 radical (unpaired) electrons. The van der Waals surface area contributed by atoms with Crippen LogP contribution in [0.2, 0.25) is 0 Å². The minimum Gasteiger partial charge on any atom is -0.459 e. The molecule has 0 unspecified atom stereocenters. The molecule has 2 aliphatic rings. The summed E-state index contributed by atoms with van der Waals surface area (Å²) in [4.78, 5) is 18.9. The van der Waals surface area contributed by atoms with E-state index < -0.39 is 0 Å². The number of carbonyl (C=O) groups excluding carboxylic acids is 1. The van der Waals surface area contributed by atoms with Crippen molar-refractivity contribution in [3.05, 3.63) is 24.2 Å². The Morgan fingerprint density at radius 3 is 2.80 bits per heavy atom. The molecular formula is C18H29IN4O2. The van der Waals surface area contributed by atoms with Gasteiger partial charge in [0, 0.05) is 26.2 Å². The van der Waals surface area contributed by atoms with Gasteiger partial charge in [-0.15, -0.1) is 24.0 Å². The van der Waals surface area contributed by atoms with Crippen molar-refractivity contribution in [1.29, 1.82) is 0 Å². The molecule has 1 aliphatic carbocycles. The summed E-state index contributed by atoms with van der Waals surface area (Å²) >= 11 is 0. The summed E-state index contributed by atoms with van der Waals surface area (Å²) in [5, 5.41) is 6.23. The average molecular weight is 460 g/mol. The van der Waals surface area contributed by atoms with E-state index in [9.17, 15) is 4.79 Å². The zero-order chi connectivity index (χ0) is 16.8. The van der Waals surface area contributed by atoms with Crippen LogP contribution in [0.15, 0.2) is 27.8 Å². The maximum Gasteiger partial charge on any atom is 0.287 e. The molecule has 25 heavy (non-hydrogen) atoms. The van der Waals surface area contributed by atoms with E-state index in [1.807, 2.05) is 0 Å². The summed E-state index contributed by atoms with van der Waals surface area (Å²) in [6, 6.07) is 3.37. The maximum absolute atomic E-state index is 11.8. The van der Waals surface area contributed by atoms with Gasteiger partial charge in [0.2, 0.25) is 0 Å². The number of nitrogens with one attached hydrogen (secondary N) is 2. The van der Waals surface area contributed by atoms with Gasteiger partial charge in [0.25, 0.3) is 5.91 Å². The van der Waals surface area contributed by atoms with Crippen molar-refractivity contribution in [3.63, 3.8) is 0 Å². The quantitative estimate of drug-likeness (QED) is 0.307. The third-order valence-electron chi connectivity index (χ3n) is 5.14. The maximum atomic E-state index is 11.8. The first-order valence-corrected chi connectivity index (χ1v) is 9.07. The lowest BCUT2D eigenvalue weighted by Gasteiger charge is -2.26. The van der Waals surface area contributed by atoms with Gasteiger partial charge in [-0.3, -0.25) is 9.79 Å². The summed E-state index contributed by atoms with van der Waals surface area (Å²) in [5.41, 5.74) is 0.531. The van der Waals surface area contributed by atoms with Gasteiger partial charge in [0.05, 0.1) is 12.8 Å². The first-order chi connectivity index (χ1) is 11.7. The molecule has 2 N–H and O–H groups in total. The van der Waals surface area contributed by atoms with E-state index in [4.69, 9.17) is 4.42 Å². The second-order valence-corrected chi connectivity index (χ2v) is 6.85. The molecule has 1 spiro atoms. The van der Waals surface area contributed by atoms with Crippen LogP contribution in [0.4, 0.5) is 0 Å². The Kier molecular flexibility index (Phi) is 7.58. The Labute approximate surface area is 166 Å². The molecule has 1 aromatic heterocycles. The minimum absolute atomic E-state index is 0. The van der Waals surface area contributed by atoms with Crippen molar-refractivity contribution in [3.8, 4) is 0 Å². The normalized spacial score (nSPS) is 19.1. The van der Waals surface area contributed by atoms with Crippen LogP contribution in [0.1, 0.15) is 49.6 Å². The smallest absolute Gasteiger partial charge is 0.287 e. The van der Waals surface area contributed by atoms with Gasteiger partial charge in [0.15, 0.2) is 11.7 Å². The van der Waals surface area contributed by atoms with E-state index >= 15 is 0 Å². The number of rotatable bonds is 5. The van der Waals surface area contributed by atoms with Gasteiger partial charge in [0.1, 0.15) is 0 Å². The van der Waals surface area contributed by atoms with E-state index in [0.717, 1.165) is 25.6 Å². The summed E-state index contributed by atoms with van der Waals surface area (Å²) in [6.45, 7) is 6.24. The highest BCUT2D eigenvalue weighted by atomic mass is 127. The number of guanidine groups is 1. The predicted molar refractivity (Wildman–Crippen MR) is 110 cm³/mol. The second kappa shape index (κ2) is 9.45. The summed E-state index contributed by atoms with van der Waals surface area (Å²) < 4.78 is 5.08. The first kappa shape index (κ1) is 20.1. The van der Waals surface area contributed by atoms with Crippen LogP contribution < -0.4 is 10.6 Å². The minimum atomic E-state index is -0.189. The molecule has 2 heterocycles. The molecule has 140 valence electrons. The van der Waals surface area contributed by atoms with Crippen molar-refractivity contribution in [2.75, 3.05) is 32.7 Å². The predicted octanol–water partition coefficient (Wildman–Crippen LogP) is 2.86. The second-order valence-electron chi connectivity index (χ2n) is 6.85. The summed E-state index contributed by atoms with van der Waals surface area (Å²) in [7, 11) is 0. The number of hydrogen-bond acceptors (Lipinski definition) is 3.